The SMILES string of the molecule is Cc1ccc(NC(=O)CSC2=C(C#N)[C@H](c3cccs3)CC(=O)N2)cc1. The molecule has 3 rings (SSSR count). The van der Waals surface area contributed by atoms with Gasteiger partial charge in [-0.15, -0.1) is 11.3 Å². The molecule has 0 saturated carbocycles. The summed E-state index contributed by atoms with van der Waals surface area (Å²) in [5.74, 6) is -0.442. The third-order valence-corrected chi connectivity index (χ3v) is 5.93. The molecule has 7 heteroatoms. The lowest BCUT2D eigenvalue weighted by molar-refractivity contribution is -0.121. The molecule has 2 N–H and O–H groups in total. The number of allylic oxidation sites excluding steroid dienone is 1. The van der Waals surface area contributed by atoms with Crippen LogP contribution in [0.2, 0.25) is 0 Å². The van der Waals surface area contributed by atoms with Gasteiger partial charge in [0.15, 0.2) is 0 Å². The molecule has 0 fully saturated rings. The minimum atomic E-state index is -0.239. The van der Waals surface area contributed by atoms with E-state index in [1.807, 2.05) is 48.7 Å². The predicted octanol–water partition coefficient (Wildman–Crippen LogP) is 3.77. The zero-order valence-corrected chi connectivity index (χ0v) is 15.7. The molecule has 1 aromatic carbocycles. The molecule has 0 aliphatic carbocycles. The number of amides is 2. The minimum absolute atomic E-state index is 0.117. The lowest BCUT2D eigenvalue weighted by Gasteiger charge is -2.23. The maximum absolute atomic E-state index is 12.2. The molecular weight excluding hydrogens is 366 g/mol. The average Bonchev–Trinajstić information content (AvgIpc) is 3.16. The highest BCUT2D eigenvalue weighted by atomic mass is 32.2. The second kappa shape index (κ2) is 8.21. The first kappa shape index (κ1) is 18.2. The summed E-state index contributed by atoms with van der Waals surface area (Å²) in [5.41, 5.74) is 2.35. The van der Waals surface area contributed by atoms with E-state index in [4.69, 9.17) is 0 Å². The highest BCUT2D eigenvalue weighted by molar-refractivity contribution is 8.03. The summed E-state index contributed by atoms with van der Waals surface area (Å²) in [7, 11) is 0. The van der Waals surface area contributed by atoms with Crippen LogP contribution in [-0.2, 0) is 9.59 Å². The highest BCUT2D eigenvalue weighted by Crippen LogP contribution is 2.37. The second-order valence-electron chi connectivity index (χ2n) is 5.88. The number of hydrogen-bond acceptors (Lipinski definition) is 5. The van der Waals surface area contributed by atoms with Gasteiger partial charge in [-0.2, -0.15) is 5.26 Å². The van der Waals surface area contributed by atoms with Gasteiger partial charge in [-0.1, -0.05) is 35.5 Å². The van der Waals surface area contributed by atoms with Gasteiger partial charge in [0.1, 0.15) is 0 Å². The Morgan fingerprint density at radius 3 is 2.81 bits per heavy atom. The number of carbonyl (C=O) groups is 2. The van der Waals surface area contributed by atoms with Crippen molar-refractivity contribution in [3.05, 3.63) is 62.8 Å². The summed E-state index contributed by atoms with van der Waals surface area (Å²) < 4.78 is 0. The van der Waals surface area contributed by atoms with Crippen LogP contribution in [0.1, 0.15) is 22.8 Å². The summed E-state index contributed by atoms with van der Waals surface area (Å²) in [6, 6.07) is 13.6. The van der Waals surface area contributed by atoms with Gasteiger partial charge in [0, 0.05) is 22.9 Å². The normalized spacial score (nSPS) is 16.8. The van der Waals surface area contributed by atoms with Crippen molar-refractivity contribution in [2.45, 2.75) is 19.3 Å². The fourth-order valence-corrected chi connectivity index (χ4v) is 4.35. The van der Waals surface area contributed by atoms with E-state index in [2.05, 4.69) is 16.7 Å². The number of benzene rings is 1. The van der Waals surface area contributed by atoms with E-state index >= 15 is 0 Å². The van der Waals surface area contributed by atoms with Crippen molar-refractivity contribution in [3.8, 4) is 6.07 Å². The Morgan fingerprint density at radius 2 is 2.15 bits per heavy atom. The Morgan fingerprint density at radius 1 is 1.38 bits per heavy atom. The van der Waals surface area contributed by atoms with Crippen LogP contribution in [0.5, 0.6) is 0 Å². The van der Waals surface area contributed by atoms with Crippen LogP contribution < -0.4 is 10.6 Å². The standard InChI is InChI=1S/C19H17N3O2S2/c1-12-4-6-13(7-5-12)21-18(24)11-26-19-15(10-20)14(9-17(23)22-19)16-3-2-8-25-16/h2-8,14H,9,11H2,1H3,(H,21,24)(H,22,23)/t14-/m1/s1. The highest BCUT2D eigenvalue weighted by Gasteiger charge is 2.30. The molecule has 2 aromatic rings. The molecular formula is C19H17N3O2S2. The molecule has 0 radical (unpaired) electrons. The number of nitrogens with one attached hydrogen (secondary N) is 2. The van der Waals surface area contributed by atoms with Crippen LogP contribution in [0.3, 0.4) is 0 Å². The van der Waals surface area contributed by atoms with Gasteiger partial charge in [-0.25, -0.2) is 0 Å². The molecule has 1 aliphatic heterocycles. The Kier molecular flexibility index (Phi) is 5.76. The molecule has 0 bridgehead atoms. The zero-order chi connectivity index (χ0) is 18.5. The van der Waals surface area contributed by atoms with Gasteiger partial charge in [-0.05, 0) is 30.5 Å². The van der Waals surface area contributed by atoms with Gasteiger partial charge >= 0.3 is 0 Å². The summed E-state index contributed by atoms with van der Waals surface area (Å²) in [4.78, 5) is 25.2. The van der Waals surface area contributed by atoms with E-state index in [0.29, 0.717) is 10.6 Å². The van der Waals surface area contributed by atoms with E-state index < -0.39 is 0 Å². The third-order valence-electron chi connectivity index (χ3n) is 3.93. The third kappa shape index (κ3) is 4.34. The molecule has 132 valence electrons. The number of rotatable bonds is 5. The Balaban J connectivity index is 1.70. The molecule has 0 spiro atoms. The number of thiophene rings is 1. The quantitative estimate of drug-likeness (QED) is 0.823. The van der Waals surface area contributed by atoms with Gasteiger partial charge in [0.05, 0.1) is 22.4 Å². The van der Waals surface area contributed by atoms with Crippen molar-refractivity contribution in [1.82, 2.24) is 5.32 Å². The molecule has 5 nitrogen and oxygen atoms in total. The summed E-state index contributed by atoms with van der Waals surface area (Å²) in [5, 5.41) is 17.5. The number of aryl methyl sites for hydroxylation is 1. The predicted molar refractivity (Wildman–Crippen MR) is 105 cm³/mol. The van der Waals surface area contributed by atoms with Crippen molar-refractivity contribution in [2.75, 3.05) is 11.1 Å². The van der Waals surface area contributed by atoms with Gasteiger partial charge in [0.2, 0.25) is 11.8 Å². The Hall–Kier alpha value is -2.56. The maximum atomic E-state index is 12.2. The second-order valence-corrected chi connectivity index (χ2v) is 7.84. The number of nitriles is 1. The van der Waals surface area contributed by atoms with Crippen molar-refractivity contribution >= 4 is 40.6 Å². The molecule has 0 unspecified atom stereocenters. The summed E-state index contributed by atoms with van der Waals surface area (Å²) in [6.07, 6.45) is 0.253. The van der Waals surface area contributed by atoms with Crippen LogP contribution >= 0.6 is 23.1 Å². The average molecular weight is 383 g/mol. The molecule has 26 heavy (non-hydrogen) atoms. The number of nitrogens with zero attached hydrogens (tertiary/aromatic N) is 1. The summed E-state index contributed by atoms with van der Waals surface area (Å²) >= 11 is 2.71. The zero-order valence-electron chi connectivity index (χ0n) is 14.1. The molecule has 1 aliphatic rings. The van der Waals surface area contributed by atoms with E-state index in [1.165, 1.54) is 23.1 Å². The van der Waals surface area contributed by atoms with Crippen molar-refractivity contribution < 1.29 is 9.59 Å². The molecule has 1 aromatic heterocycles. The molecule has 0 saturated heterocycles. The van der Waals surface area contributed by atoms with Gasteiger partial charge < -0.3 is 10.6 Å². The van der Waals surface area contributed by atoms with Crippen molar-refractivity contribution in [3.63, 3.8) is 0 Å². The minimum Gasteiger partial charge on any atom is -0.325 e. The first-order chi connectivity index (χ1) is 12.6. The van der Waals surface area contributed by atoms with E-state index in [9.17, 15) is 14.9 Å². The molecule has 1 atom stereocenters. The van der Waals surface area contributed by atoms with Crippen LogP contribution in [0.15, 0.2) is 52.4 Å². The van der Waals surface area contributed by atoms with E-state index in [0.717, 1.165) is 16.1 Å². The van der Waals surface area contributed by atoms with E-state index in [1.54, 1.807) is 0 Å². The van der Waals surface area contributed by atoms with E-state index in [-0.39, 0.29) is 29.9 Å². The van der Waals surface area contributed by atoms with Crippen LogP contribution in [-0.4, -0.2) is 17.6 Å². The van der Waals surface area contributed by atoms with Crippen LogP contribution in [0.4, 0.5) is 5.69 Å². The van der Waals surface area contributed by atoms with Crippen LogP contribution in [0, 0.1) is 18.3 Å². The largest absolute Gasteiger partial charge is 0.325 e. The van der Waals surface area contributed by atoms with Crippen LogP contribution in [0.25, 0.3) is 0 Å². The topological polar surface area (TPSA) is 82.0 Å². The van der Waals surface area contributed by atoms with Gasteiger partial charge in [0.25, 0.3) is 0 Å². The first-order valence-electron chi connectivity index (χ1n) is 8.03. The monoisotopic (exact) mass is 383 g/mol. The molecule has 2 amide bonds. The lowest BCUT2D eigenvalue weighted by Crippen LogP contribution is -2.31. The number of anilines is 1. The smallest absolute Gasteiger partial charge is 0.234 e. The Bertz CT molecular complexity index is 881. The number of hydrogen-bond donors (Lipinski definition) is 2. The van der Waals surface area contributed by atoms with Gasteiger partial charge in [-0.3, -0.25) is 9.59 Å². The Labute approximate surface area is 160 Å². The lowest BCUT2D eigenvalue weighted by atomic mass is 9.93. The number of carbonyl (C=O) groups excluding carboxylic acids is 2. The van der Waals surface area contributed by atoms with Crippen molar-refractivity contribution in [1.29, 1.82) is 5.26 Å². The summed E-state index contributed by atoms with van der Waals surface area (Å²) in [6.45, 7) is 1.98. The number of thioether (sulfide) groups is 1. The fourth-order valence-electron chi connectivity index (χ4n) is 2.64. The fraction of sp³-hybridized carbons (Fsp3) is 0.211. The molecule has 2 heterocycles. The first-order valence-corrected chi connectivity index (χ1v) is 9.90. The van der Waals surface area contributed by atoms with Crippen molar-refractivity contribution in [2.24, 2.45) is 0 Å². The maximum Gasteiger partial charge on any atom is 0.234 e.